The van der Waals surface area contributed by atoms with E-state index in [0.717, 1.165) is 4.90 Å². The van der Waals surface area contributed by atoms with Gasteiger partial charge in [-0.2, -0.15) is 0 Å². The highest BCUT2D eigenvalue weighted by Gasteiger charge is 2.60. The molecule has 2 amide bonds. The molecule has 0 saturated carbocycles. The number of amides is 2. The maximum Gasteiger partial charge on any atom is 0.266 e. The first kappa shape index (κ1) is 21.0. The number of imide groups is 1. The number of rotatable bonds is 5. The summed E-state index contributed by atoms with van der Waals surface area (Å²) in [6.07, 6.45) is -1.03. The maximum atomic E-state index is 13.7. The van der Waals surface area contributed by atoms with Gasteiger partial charge in [0.2, 0.25) is 5.91 Å². The highest BCUT2D eigenvalue weighted by molar-refractivity contribution is 6.24. The fourth-order valence-electron chi connectivity index (χ4n) is 4.42. The molecule has 2 saturated heterocycles. The Morgan fingerprint density at radius 3 is 2.27 bits per heavy atom. The number of hydrogen-bond donors (Lipinski definition) is 0. The highest BCUT2D eigenvalue weighted by atomic mass is 19.1. The molecule has 2 aliphatic heterocycles. The highest BCUT2D eigenvalue weighted by Crippen LogP contribution is 2.48. The zero-order valence-electron chi connectivity index (χ0n) is 18.0. The Morgan fingerprint density at radius 2 is 1.61 bits per heavy atom. The van der Waals surface area contributed by atoms with Gasteiger partial charge in [-0.3, -0.25) is 14.4 Å². The van der Waals surface area contributed by atoms with E-state index in [9.17, 15) is 14.0 Å². The minimum atomic E-state index is -1.03. The number of hydrogen-bond acceptors (Lipinski definition) is 6. The number of para-hydroxylation sites is 1. The fourth-order valence-corrected chi connectivity index (χ4v) is 4.42. The molecular formula is C25H21FN2O5. The molecular weight excluding hydrogens is 427 g/mol. The summed E-state index contributed by atoms with van der Waals surface area (Å²) in [4.78, 5) is 34.3. The van der Waals surface area contributed by atoms with Gasteiger partial charge in [0, 0.05) is 6.07 Å². The molecule has 0 N–H and O–H groups in total. The molecule has 7 nitrogen and oxygen atoms in total. The number of ether oxygens (including phenoxy) is 2. The van der Waals surface area contributed by atoms with Crippen LogP contribution < -0.4 is 19.4 Å². The molecule has 3 aromatic carbocycles. The standard InChI is InChI=1S/C25H21FN2O5/c1-31-18-12-13-19(20(14-18)32-2)27-24(29)21-22(15-8-10-16(26)11-9-15)28(33-23(21)25(27)30)17-6-4-3-5-7-17/h3-14,21-23H,1-2H3/t21-,22-,23-/m0/s1. The van der Waals surface area contributed by atoms with E-state index in [-0.39, 0.29) is 5.82 Å². The van der Waals surface area contributed by atoms with Crippen molar-refractivity contribution in [3.8, 4) is 11.5 Å². The summed E-state index contributed by atoms with van der Waals surface area (Å²) >= 11 is 0. The number of methoxy groups -OCH3 is 2. The van der Waals surface area contributed by atoms with Crippen LogP contribution in [0.1, 0.15) is 11.6 Å². The van der Waals surface area contributed by atoms with Crippen molar-refractivity contribution >= 4 is 23.2 Å². The number of halogens is 1. The van der Waals surface area contributed by atoms with Crippen LogP contribution in [0.4, 0.5) is 15.8 Å². The average Bonchev–Trinajstić information content (AvgIpc) is 3.35. The monoisotopic (exact) mass is 448 g/mol. The van der Waals surface area contributed by atoms with Crippen molar-refractivity contribution < 1.29 is 28.3 Å². The number of benzene rings is 3. The van der Waals surface area contributed by atoms with Gasteiger partial charge < -0.3 is 9.47 Å². The van der Waals surface area contributed by atoms with E-state index >= 15 is 0 Å². The van der Waals surface area contributed by atoms with Gasteiger partial charge in [-0.15, -0.1) is 0 Å². The second-order valence-corrected chi connectivity index (χ2v) is 7.76. The van der Waals surface area contributed by atoms with Gasteiger partial charge >= 0.3 is 0 Å². The van der Waals surface area contributed by atoms with E-state index in [1.54, 1.807) is 35.4 Å². The average molecular weight is 448 g/mol. The van der Waals surface area contributed by atoms with Gasteiger partial charge in [0.1, 0.15) is 23.2 Å². The van der Waals surface area contributed by atoms with E-state index in [4.69, 9.17) is 14.3 Å². The van der Waals surface area contributed by atoms with E-state index in [1.807, 2.05) is 30.3 Å². The molecule has 0 unspecified atom stereocenters. The molecule has 0 spiro atoms. The van der Waals surface area contributed by atoms with Crippen molar-refractivity contribution in [2.75, 3.05) is 24.2 Å². The number of nitrogens with zero attached hydrogens (tertiary/aromatic N) is 2. The zero-order chi connectivity index (χ0) is 23.1. The second-order valence-electron chi connectivity index (χ2n) is 7.76. The summed E-state index contributed by atoms with van der Waals surface area (Å²) < 4.78 is 24.3. The third-order valence-corrected chi connectivity index (χ3v) is 5.97. The lowest BCUT2D eigenvalue weighted by Gasteiger charge is -2.29. The molecule has 2 fully saturated rings. The van der Waals surface area contributed by atoms with E-state index in [0.29, 0.717) is 28.4 Å². The van der Waals surface area contributed by atoms with Gasteiger partial charge in [0.15, 0.2) is 6.10 Å². The lowest BCUT2D eigenvalue weighted by molar-refractivity contribution is -0.126. The van der Waals surface area contributed by atoms with Crippen molar-refractivity contribution in [3.63, 3.8) is 0 Å². The number of anilines is 2. The van der Waals surface area contributed by atoms with Crippen molar-refractivity contribution in [1.29, 1.82) is 0 Å². The largest absolute Gasteiger partial charge is 0.497 e. The van der Waals surface area contributed by atoms with E-state index in [1.165, 1.54) is 26.4 Å². The topological polar surface area (TPSA) is 68.3 Å². The van der Waals surface area contributed by atoms with E-state index in [2.05, 4.69) is 0 Å². The first-order chi connectivity index (χ1) is 16.0. The van der Waals surface area contributed by atoms with Crippen molar-refractivity contribution in [2.45, 2.75) is 12.1 Å². The molecule has 0 aliphatic carbocycles. The molecule has 33 heavy (non-hydrogen) atoms. The van der Waals surface area contributed by atoms with Crippen LogP contribution in [0, 0.1) is 11.7 Å². The van der Waals surface area contributed by atoms with Crippen LogP contribution in [0.5, 0.6) is 11.5 Å². The van der Waals surface area contributed by atoms with Crippen LogP contribution in [0.25, 0.3) is 0 Å². The van der Waals surface area contributed by atoms with Gasteiger partial charge in [0.25, 0.3) is 5.91 Å². The lowest BCUT2D eigenvalue weighted by Crippen LogP contribution is -2.37. The summed E-state index contributed by atoms with van der Waals surface area (Å²) in [6.45, 7) is 0. The van der Waals surface area contributed by atoms with Crippen LogP contribution in [0.15, 0.2) is 72.8 Å². The molecule has 3 aromatic rings. The molecule has 3 atom stereocenters. The molecule has 2 aliphatic rings. The van der Waals surface area contributed by atoms with Crippen LogP contribution in [0.2, 0.25) is 0 Å². The van der Waals surface area contributed by atoms with Crippen molar-refractivity contribution in [1.82, 2.24) is 0 Å². The summed E-state index contributed by atoms with van der Waals surface area (Å²) in [5.74, 6) is -1.26. The Labute approximate surface area is 189 Å². The third-order valence-electron chi connectivity index (χ3n) is 5.97. The molecule has 168 valence electrons. The summed E-state index contributed by atoms with van der Waals surface area (Å²) in [6, 6.07) is 19.3. The lowest BCUT2D eigenvalue weighted by atomic mass is 9.90. The Bertz CT molecular complexity index is 1200. The molecule has 2 heterocycles. The molecule has 0 aromatic heterocycles. The van der Waals surface area contributed by atoms with Crippen molar-refractivity contribution in [3.05, 3.63) is 84.2 Å². The Morgan fingerprint density at radius 1 is 0.879 bits per heavy atom. The summed E-state index contributed by atoms with van der Waals surface area (Å²) in [7, 11) is 2.98. The zero-order valence-corrected chi connectivity index (χ0v) is 18.0. The first-order valence-corrected chi connectivity index (χ1v) is 10.4. The fraction of sp³-hybridized carbons (Fsp3) is 0.200. The third kappa shape index (κ3) is 3.39. The number of hydroxylamine groups is 1. The van der Waals surface area contributed by atoms with Gasteiger partial charge in [0.05, 0.1) is 31.6 Å². The molecule has 0 bridgehead atoms. The minimum absolute atomic E-state index is 0.315. The first-order valence-electron chi connectivity index (χ1n) is 10.4. The maximum absolute atomic E-state index is 13.7. The Kier molecular flexibility index (Phi) is 5.22. The molecule has 5 rings (SSSR count). The summed E-state index contributed by atoms with van der Waals surface area (Å²) in [5, 5.41) is 1.57. The van der Waals surface area contributed by atoms with E-state index < -0.39 is 29.9 Å². The SMILES string of the molecule is COc1ccc(N2C(=O)[C@@H]3[C@H](ON(c4ccccc4)[C@H]3c3ccc(F)cc3)C2=O)c(OC)c1. The van der Waals surface area contributed by atoms with Gasteiger partial charge in [-0.1, -0.05) is 30.3 Å². The molecule has 0 radical (unpaired) electrons. The number of carbonyl (C=O) groups excluding carboxylic acids is 2. The Hall–Kier alpha value is -3.91. The normalized spacial score (nSPS) is 22.0. The minimum Gasteiger partial charge on any atom is -0.497 e. The quantitative estimate of drug-likeness (QED) is 0.552. The van der Waals surface area contributed by atoms with Crippen molar-refractivity contribution in [2.24, 2.45) is 5.92 Å². The van der Waals surface area contributed by atoms with Gasteiger partial charge in [-0.25, -0.2) is 14.4 Å². The predicted molar refractivity (Wildman–Crippen MR) is 118 cm³/mol. The smallest absolute Gasteiger partial charge is 0.266 e. The van der Waals surface area contributed by atoms with Gasteiger partial charge in [-0.05, 0) is 42.0 Å². The predicted octanol–water partition coefficient (Wildman–Crippen LogP) is 3.89. The number of carbonyl (C=O) groups is 2. The van der Waals surface area contributed by atoms with Crippen LogP contribution in [-0.2, 0) is 14.4 Å². The summed E-state index contributed by atoms with van der Waals surface area (Å²) in [5.41, 5.74) is 1.67. The van der Waals surface area contributed by atoms with Crippen LogP contribution in [-0.4, -0.2) is 32.1 Å². The second kappa shape index (κ2) is 8.22. The number of fused-ring (bicyclic) bond motifs is 1. The van der Waals surface area contributed by atoms with Crippen LogP contribution >= 0.6 is 0 Å². The Balaban J connectivity index is 1.58. The van der Waals surface area contributed by atoms with Crippen LogP contribution in [0.3, 0.4) is 0 Å². The molecule has 8 heteroatoms.